The maximum absolute atomic E-state index is 12.7. The molecular formula is C36H66N4O4. The predicted octanol–water partition coefficient (Wildman–Crippen LogP) is 4.39. The van der Waals surface area contributed by atoms with Gasteiger partial charge in [-0.15, -0.1) is 0 Å². The first kappa shape index (κ1) is 35.6. The molecule has 8 nitrogen and oxygen atoms in total. The summed E-state index contributed by atoms with van der Waals surface area (Å²) in [7, 11) is 0. The van der Waals surface area contributed by atoms with Gasteiger partial charge in [0.1, 0.15) is 0 Å². The summed E-state index contributed by atoms with van der Waals surface area (Å²) in [5.74, 6) is 3.42. The van der Waals surface area contributed by atoms with Crippen LogP contribution in [-0.4, -0.2) is 73.5 Å². The first-order valence-electron chi connectivity index (χ1n) is 18.3. The van der Waals surface area contributed by atoms with Crippen LogP contribution < -0.4 is 21.3 Å². The molecule has 0 aliphatic heterocycles. The van der Waals surface area contributed by atoms with Crippen molar-refractivity contribution >= 4 is 11.8 Å². The minimum absolute atomic E-state index is 0.0339. The van der Waals surface area contributed by atoms with Gasteiger partial charge in [0.15, 0.2) is 0 Å². The molecule has 0 aromatic heterocycles. The second-order valence-corrected chi connectivity index (χ2v) is 15.7. The fourth-order valence-electron chi connectivity index (χ4n) is 10.5. The molecule has 10 atom stereocenters. The molecule has 8 heteroatoms. The van der Waals surface area contributed by atoms with Crippen LogP contribution in [0, 0.1) is 46.3 Å². The van der Waals surface area contributed by atoms with Gasteiger partial charge >= 0.3 is 0 Å². The first-order valence-corrected chi connectivity index (χ1v) is 18.3. The van der Waals surface area contributed by atoms with Crippen molar-refractivity contribution in [3.05, 3.63) is 0 Å². The van der Waals surface area contributed by atoms with Gasteiger partial charge in [0.2, 0.25) is 11.8 Å². The Balaban J connectivity index is 1.08. The third kappa shape index (κ3) is 8.77. The summed E-state index contributed by atoms with van der Waals surface area (Å²) >= 11 is 0. The van der Waals surface area contributed by atoms with Crippen molar-refractivity contribution in [1.29, 1.82) is 0 Å². The maximum atomic E-state index is 12.7. The summed E-state index contributed by atoms with van der Waals surface area (Å²) in [6, 6.07) is 0. The number of nitrogens with one attached hydrogen (secondary N) is 4. The quantitative estimate of drug-likeness (QED) is 0.135. The number of hydrogen-bond donors (Lipinski definition) is 6. The van der Waals surface area contributed by atoms with Crippen molar-refractivity contribution in [3.63, 3.8) is 0 Å². The van der Waals surface area contributed by atoms with E-state index in [9.17, 15) is 19.8 Å². The van der Waals surface area contributed by atoms with Gasteiger partial charge in [0, 0.05) is 26.4 Å². The summed E-state index contributed by atoms with van der Waals surface area (Å²) in [4.78, 5) is 23.5. The van der Waals surface area contributed by atoms with E-state index >= 15 is 0 Å². The highest BCUT2D eigenvalue weighted by atomic mass is 16.3. The summed E-state index contributed by atoms with van der Waals surface area (Å²) in [5, 5.41) is 34.7. The second kappa shape index (κ2) is 16.6. The largest absolute Gasteiger partial charge is 0.393 e. The zero-order valence-electron chi connectivity index (χ0n) is 28.5. The number of carbonyl (C=O) groups excluding carboxylic acids is 2. The van der Waals surface area contributed by atoms with Crippen molar-refractivity contribution in [1.82, 2.24) is 21.3 Å². The van der Waals surface area contributed by atoms with E-state index in [1.54, 1.807) is 6.92 Å². The molecule has 44 heavy (non-hydrogen) atoms. The van der Waals surface area contributed by atoms with E-state index in [0.29, 0.717) is 41.9 Å². The van der Waals surface area contributed by atoms with Crippen LogP contribution in [0.15, 0.2) is 0 Å². The Kier molecular flexibility index (Phi) is 13.4. The zero-order valence-corrected chi connectivity index (χ0v) is 28.5. The van der Waals surface area contributed by atoms with E-state index in [1.807, 2.05) is 0 Å². The lowest BCUT2D eigenvalue weighted by molar-refractivity contribution is -0.174. The predicted molar refractivity (Wildman–Crippen MR) is 177 cm³/mol. The van der Waals surface area contributed by atoms with Crippen LogP contribution in [0.3, 0.4) is 0 Å². The Bertz CT molecular complexity index is 919. The fraction of sp³-hybridized carbons (Fsp3) is 0.944. The lowest BCUT2D eigenvalue weighted by Gasteiger charge is -2.62. The van der Waals surface area contributed by atoms with Gasteiger partial charge in [0.05, 0.1) is 12.2 Å². The van der Waals surface area contributed by atoms with Crippen LogP contribution in [0.5, 0.6) is 0 Å². The molecule has 0 aromatic carbocycles. The molecule has 4 saturated carbocycles. The molecule has 0 aromatic rings. The summed E-state index contributed by atoms with van der Waals surface area (Å²) < 4.78 is 0. The van der Waals surface area contributed by atoms with Gasteiger partial charge < -0.3 is 31.5 Å². The number of aliphatic hydroxyl groups is 2. The Morgan fingerprint density at radius 3 is 2.07 bits per heavy atom. The molecule has 4 aliphatic rings. The van der Waals surface area contributed by atoms with Crippen LogP contribution in [0.1, 0.15) is 118 Å². The number of unbranched alkanes of at least 4 members (excludes halogenated alkanes) is 1. The molecule has 2 amide bonds. The average molecular weight is 619 g/mol. The Hall–Kier alpha value is -1.22. The van der Waals surface area contributed by atoms with Crippen LogP contribution in [0.25, 0.3) is 0 Å². The van der Waals surface area contributed by atoms with E-state index < -0.39 is 0 Å². The van der Waals surface area contributed by atoms with E-state index in [1.165, 1.54) is 25.7 Å². The molecule has 6 N–H and O–H groups in total. The minimum atomic E-state index is -0.225. The van der Waals surface area contributed by atoms with Gasteiger partial charge in [0.25, 0.3) is 0 Å². The van der Waals surface area contributed by atoms with Gasteiger partial charge in [-0.2, -0.15) is 0 Å². The lowest BCUT2D eigenvalue weighted by atomic mass is 9.43. The Morgan fingerprint density at radius 1 is 0.773 bits per heavy atom. The molecule has 0 unspecified atom stereocenters. The summed E-state index contributed by atoms with van der Waals surface area (Å²) in [6.07, 6.45) is 14.1. The molecule has 0 spiro atoms. The fourth-order valence-corrected chi connectivity index (χ4v) is 10.5. The maximum Gasteiger partial charge on any atom is 0.220 e. The smallest absolute Gasteiger partial charge is 0.220 e. The first-order chi connectivity index (χ1) is 21.1. The van der Waals surface area contributed by atoms with E-state index in [0.717, 1.165) is 97.1 Å². The molecule has 0 radical (unpaired) electrons. The van der Waals surface area contributed by atoms with Crippen LogP contribution in [0.4, 0.5) is 0 Å². The average Bonchev–Trinajstić information content (AvgIpc) is 3.34. The van der Waals surface area contributed by atoms with Crippen LogP contribution >= 0.6 is 0 Å². The number of aliphatic hydroxyl groups excluding tert-OH is 2. The van der Waals surface area contributed by atoms with Gasteiger partial charge in [-0.3, -0.25) is 9.59 Å². The minimum Gasteiger partial charge on any atom is -0.393 e. The number of hydrogen-bond acceptors (Lipinski definition) is 6. The van der Waals surface area contributed by atoms with Crippen molar-refractivity contribution < 1.29 is 19.8 Å². The van der Waals surface area contributed by atoms with E-state index in [4.69, 9.17) is 0 Å². The highest BCUT2D eigenvalue weighted by Crippen LogP contribution is 2.68. The van der Waals surface area contributed by atoms with Crippen molar-refractivity contribution in [2.75, 3.05) is 39.3 Å². The van der Waals surface area contributed by atoms with Crippen LogP contribution in [0.2, 0.25) is 0 Å². The molecule has 4 fully saturated rings. The van der Waals surface area contributed by atoms with E-state index in [-0.39, 0.29) is 34.9 Å². The second-order valence-electron chi connectivity index (χ2n) is 15.7. The number of amides is 2. The van der Waals surface area contributed by atoms with Gasteiger partial charge in [-0.25, -0.2) is 0 Å². The standard InChI is InChI=1S/C36H66N4O4/c1-25(9-12-33(44)40-22-8-20-38-18-6-5-17-37-19-7-21-39-26(2)41)29-10-11-30-34-31(14-16-36(29,30)4)35(3)15-13-28(42)23-27(35)24-32(34)43/h25,27-32,34,37-38,42-43H,5-24H2,1-4H3,(H,39,41)(H,40,44)/t25-,27+,28-,29-,30+,31+,32-,34+,35+,36-/m1/s1. The molecular weight excluding hydrogens is 552 g/mol. The Morgan fingerprint density at radius 2 is 1.39 bits per heavy atom. The normalized spacial score (nSPS) is 37.0. The van der Waals surface area contributed by atoms with E-state index in [2.05, 4.69) is 42.0 Å². The summed E-state index contributed by atoms with van der Waals surface area (Å²) in [5.41, 5.74) is 0.542. The third-order valence-corrected chi connectivity index (χ3v) is 13.0. The van der Waals surface area contributed by atoms with Crippen molar-refractivity contribution in [2.24, 2.45) is 46.3 Å². The highest BCUT2D eigenvalue weighted by Gasteiger charge is 2.62. The number of carbonyl (C=O) groups is 2. The molecule has 0 heterocycles. The topological polar surface area (TPSA) is 123 Å². The number of fused-ring (bicyclic) bond motifs is 5. The molecule has 0 bridgehead atoms. The van der Waals surface area contributed by atoms with Crippen molar-refractivity contribution in [2.45, 2.75) is 130 Å². The third-order valence-electron chi connectivity index (χ3n) is 13.0. The molecule has 4 aliphatic carbocycles. The highest BCUT2D eigenvalue weighted by molar-refractivity contribution is 5.75. The Labute approximate surface area is 268 Å². The van der Waals surface area contributed by atoms with Gasteiger partial charge in [-0.1, -0.05) is 20.8 Å². The lowest BCUT2D eigenvalue weighted by Crippen LogP contribution is -2.58. The van der Waals surface area contributed by atoms with Crippen LogP contribution in [-0.2, 0) is 9.59 Å². The summed E-state index contributed by atoms with van der Waals surface area (Å²) in [6.45, 7) is 14.3. The molecule has 0 saturated heterocycles. The number of rotatable bonds is 17. The molecule has 4 rings (SSSR count). The SMILES string of the molecule is CC(=O)NCCCNCCCCNCCCNC(=O)CC[C@@H](C)[C@H]1CC[C@H]2[C@@H]3[C@H](O)C[C@@H]4C[C@H](O)CC[C@]4(C)[C@H]3CC[C@]12C. The monoisotopic (exact) mass is 619 g/mol. The van der Waals surface area contributed by atoms with Crippen molar-refractivity contribution in [3.8, 4) is 0 Å². The molecule has 254 valence electrons. The zero-order chi connectivity index (χ0) is 31.7. The van der Waals surface area contributed by atoms with Gasteiger partial charge in [-0.05, 0) is 156 Å².